The minimum Gasteiger partial charge on any atom is -0.263 e. The van der Waals surface area contributed by atoms with Crippen molar-refractivity contribution in [3.63, 3.8) is 0 Å². The molecule has 0 bridgehead atoms. The minimum atomic E-state index is -0.312. The van der Waals surface area contributed by atoms with E-state index in [1.165, 1.54) is 18.3 Å². The molecule has 0 unspecified atom stereocenters. The van der Waals surface area contributed by atoms with Gasteiger partial charge in [0.1, 0.15) is 11.9 Å². The smallest absolute Gasteiger partial charge is 0.123 e. The Morgan fingerprint density at radius 1 is 1.27 bits per heavy atom. The molecule has 0 aliphatic carbocycles. The zero-order valence-electron chi connectivity index (χ0n) is 7.81. The van der Waals surface area contributed by atoms with Crippen LogP contribution in [0, 0.1) is 17.1 Å². The van der Waals surface area contributed by atoms with Crippen LogP contribution in [0.5, 0.6) is 0 Å². The second-order valence-electron chi connectivity index (χ2n) is 3.04. The molecule has 0 atom stereocenters. The van der Waals surface area contributed by atoms with E-state index in [1.807, 2.05) is 6.07 Å². The third kappa shape index (κ3) is 1.84. The van der Waals surface area contributed by atoms with Gasteiger partial charge < -0.3 is 0 Å². The highest BCUT2D eigenvalue weighted by Crippen LogP contribution is 2.22. The fraction of sp³-hybridized carbons (Fsp3) is 0. The van der Waals surface area contributed by atoms with E-state index in [1.54, 1.807) is 24.4 Å². The molecular formula is C12H7FN2. The molecule has 2 nitrogen and oxygen atoms in total. The molecule has 1 aromatic carbocycles. The van der Waals surface area contributed by atoms with Crippen LogP contribution >= 0.6 is 0 Å². The molecule has 2 rings (SSSR count). The Balaban J connectivity index is 2.60. The van der Waals surface area contributed by atoms with Crippen molar-refractivity contribution in [2.24, 2.45) is 0 Å². The summed E-state index contributed by atoms with van der Waals surface area (Å²) in [7, 11) is 0. The van der Waals surface area contributed by atoms with Crippen molar-refractivity contribution in [3.8, 4) is 17.2 Å². The first-order valence-electron chi connectivity index (χ1n) is 4.41. The highest BCUT2D eigenvalue weighted by molar-refractivity contribution is 5.69. The van der Waals surface area contributed by atoms with Crippen molar-refractivity contribution in [2.75, 3.05) is 0 Å². The Hall–Kier alpha value is -2.21. The molecule has 0 N–H and O–H groups in total. The van der Waals surface area contributed by atoms with Gasteiger partial charge in [0.25, 0.3) is 0 Å². The molecule has 0 saturated carbocycles. The standard InChI is InChI=1S/C12H7FN2/c13-11-3-1-2-9(6-11)12-4-5-15-8-10(12)7-14/h1-6,8H. The number of hydrogen-bond acceptors (Lipinski definition) is 2. The summed E-state index contributed by atoms with van der Waals surface area (Å²) in [6.45, 7) is 0. The maximum atomic E-state index is 13.0. The molecule has 0 aliphatic rings. The first-order chi connectivity index (χ1) is 7.31. The molecule has 0 spiro atoms. The van der Waals surface area contributed by atoms with Crippen LogP contribution in [-0.2, 0) is 0 Å². The molecular weight excluding hydrogens is 191 g/mol. The van der Waals surface area contributed by atoms with Crippen molar-refractivity contribution in [2.45, 2.75) is 0 Å². The van der Waals surface area contributed by atoms with Crippen molar-refractivity contribution in [3.05, 3.63) is 54.1 Å². The van der Waals surface area contributed by atoms with Crippen molar-refractivity contribution >= 4 is 0 Å². The average Bonchev–Trinajstić information content (AvgIpc) is 2.29. The van der Waals surface area contributed by atoms with Crippen molar-refractivity contribution in [1.82, 2.24) is 4.98 Å². The van der Waals surface area contributed by atoms with Crippen LogP contribution in [0.3, 0.4) is 0 Å². The third-order valence-corrected chi connectivity index (χ3v) is 2.08. The molecule has 72 valence electrons. The van der Waals surface area contributed by atoms with Crippen LogP contribution in [-0.4, -0.2) is 4.98 Å². The summed E-state index contributed by atoms with van der Waals surface area (Å²) in [5.41, 5.74) is 1.84. The molecule has 1 aromatic heterocycles. The molecule has 0 fully saturated rings. The van der Waals surface area contributed by atoms with Crippen LogP contribution in [0.15, 0.2) is 42.7 Å². The zero-order valence-corrected chi connectivity index (χ0v) is 7.81. The van der Waals surface area contributed by atoms with Gasteiger partial charge in [-0.15, -0.1) is 0 Å². The zero-order chi connectivity index (χ0) is 10.7. The quantitative estimate of drug-likeness (QED) is 0.706. The highest BCUT2D eigenvalue weighted by atomic mass is 19.1. The van der Waals surface area contributed by atoms with E-state index in [-0.39, 0.29) is 5.82 Å². The fourth-order valence-electron chi connectivity index (χ4n) is 1.39. The van der Waals surface area contributed by atoms with Crippen LogP contribution in [0.25, 0.3) is 11.1 Å². The minimum absolute atomic E-state index is 0.312. The van der Waals surface area contributed by atoms with Crippen LogP contribution in [0.4, 0.5) is 4.39 Å². The van der Waals surface area contributed by atoms with Gasteiger partial charge in [-0.05, 0) is 23.8 Å². The largest absolute Gasteiger partial charge is 0.263 e. The lowest BCUT2D eigenvalue weighted by Gasteiger charge is -2.02. The summed E-state index contributed by atoms with van der Waals surface area (Å²) >= 11 is 0. The van der Waals surface area contributed by atoms with E-state index >= 15 is 0 Å². The van der Waals surface area contributed by atoms with Gasteiger partial charge in [-0.2, -0.15) is 5.26 Å². The number of hydrogen-bond donors (Lipinski definition) is 0. The lowest BCUT2D eigenvalue weighted by Crippen LogP contribution is -1.86. The Bertz CT molecular complexity index is 529. The van der Waals surface area contributed by atoms with Gasteiger partial charge in [-0.3, -0.25) is 4.98 Å². The molecule has 1 heterocycles. The molecule has 0 aliphatic heterocycles. The first-order valence-corrected chi connectivity index (χ1v) is 4.41. The van der Waals surface area contributed by atoms with Crippen molar-refractivity contribution in [1.29, 1.82) is 5.26 Å². The molecule has 3 heteroatoms. The lowest BCUT2D eigenvalue weighted by molar-refractivity contribution is 0.628. The second kappa shape index (κ2) is 3.89. The molecule has 2 aromatic rings. The number of pyridine rings is 1. The number of benzene rings is 1. The third-order valence-electron chi connectivity index (χ3n) is 2.08. The van der Waals surface area contributed by atoms with E-state index in [0.29, 0.717) is 16.7 Å². The summed E-state index contributed by atoms with van der Waals surface area (Å²) < 4.78 is 13.0. The topological polar surface area (TPSA) is 36.7 Å². The Morgan fingerprint density at radius 3 is 2.87 bits per heavy atom. The van der Waals surface area contributed by atoms with Gasteiger partial charge >= 0.3 is 0 Å². The van der Waals surface area contributed by atoms with E-state index in [4.69, 9.17) is 5.26 Å². The number of halogens is 1. The van der Waals surface area contributed by atoms with E-state index in [0.717, 1.165) is 0 Å². The predicted octanol–water partition coefficient (Wildman–Crippen LogP) is 2.76. The van der Waals surface area contributed by atoms with Gasteiger partial charge in [-0.25, -0.2) is 4.39 Å². The first kappa shape index (κ1) is 9.35. The van der Waals surface area contributed by atoms with E-state index < -0.39 is 0 Å². The molecule has 0 amide bonds. The van der Waals surface area contributed by atoms with Gasteiger partial charge in [0.15, 0.2) is 0 Å². The summed E-state index contributed by atoms with van der Waals surface area (Å²) in [5.74, 6) is -0.312. The van der Waals surface area contributed by atoms with E-state index in [2.05, 4.69) is 4.98 Å². The van der Waals surface area contributed by atoms with Gasteiger partial charge in [-0.1, -0.05) is 12.1 Å². The number of rotatable bonds is 1. The van der Waals surface area contributed by atoms with Gasteiger partial charge in [0.05, 0.1) is 5.56 Å². The Kier molecular flexibility index (Phi) is 2.42. The number of nitriles is 1. The highest BCUT2D eigenvalue weighted by Gasteiger charge is 2.04. The maximum absolute atomic E-state index is 13.0. The normalized spacial score (nSPS) is 9.60. The summed E-state index contributed by atoms with van der Waals surface area (Å²) in [6.07, 6.45) is 3.06. The molecule has 15 heavy (non-hydrogen) atoms. The van der Waals surface area contributed by atoms with Crippen LogP contribution in [0.1, 0.15) is 5.56 Å². The SMILES string of the molecule is N#Cc1cnccc1-c1cccc(F)c1. The average molecular weight is 198 g/mol. The summed E-state index contributed by atoms with van der Waals surface area (Å²) in [5, 5.41) is 8.87. The van der Waals surface area contributed by atoms with Gasteiger partial charge in [0.2, 0.25) is 0 Å². The van der Waals surface area contributed by atoms with E-state index in [9.17, 15) is 4.39 Å². The molecule has 0 saturated heterocycles. The molecule has 0 radical (unpaired) electrons. The van der Waals surface area contributed by atoms with Crippen LogP contribution in [0.2, 0.25) is 0 Å². The Labute approximate surface area is 86.6 Å². The monoisotopic (exact) mass is 198 g/mol. The summed E-state index contributed by atoms with van der Waals surface area (Å²) in [6, 6.07) is 9.88. The Morgan fingerprint density at radius 2 is 2.13 bits per heavy atom. The number of aromatic nitrogens is 1. The van der Waals surface area contributed by atoms with Crippen LogP contribution < -0.4 is 0 Å². The predicted molar refractivity (Wildman–Crippen MR) is 54.3 cm³/mol. The second-order valence-corrected chi connectivity index (χ2v) is 3.04. The van der Waals surface area contributed by atoms with Crippen molar-refractivity contribution < 1.29 is 4.39 Å². The lowest BCUT2D eigenvalue weighted by atomic mass is 10.0. The van der Waals surface area contributed by atoms with Gasteiger partial charge in [0, 0.05) is 18.0 Å². The summed E-state index contributed by atoms with van der Waals surface area (Å²) in [4.78, 5) is 3.85. The maximum Gasteiger partial charge on any atom is 0.123 e. The fourth-order valence-corrected chi connectivity index (χ4v) is 1.39. The number of nitrogens with zero attached hydrogens (tertiary/aromatic N) is 2.